The van der Waals surface area contributed by atoms with E-state index >= 15 is 0 Å². The van der Waals surface area contributed by atoms with E-state index in [-0.39, 0.29) is 0 Å². The van der Waals surface area contributed by atoms with E-state index in [0.29, 0.717) is 4.12 Å². The van der Waals surface area contributed by atoms with E-state index in [1.54, 1.807) is 0 Å². The molecule has 1 aliphatic rings. The van der Waals surface area contributed by atoms with Crippen molar-refractivity contribution in [2.75, 3.05) is 0 Å². The Morgan fingerprint density at radius 3 is 2.86 bits per heavy atom. The van der Waals surface area contributed by atoms with Crippen molar-refractivity contribution in [2.45, 2.75) is 17.0 Å². The van der Waals surface area contributed by atoms with Crippen molar-refractivity contribution in [1.29, 1.82) is 0 Å². The Kier molecular flexibility index (Phi) is 2.03. The summed E-state index contributed by atoms with van der Waals surface area (Å²) < 4.78 is 5.68. The van der Waals surface area contributed by atoms with Crippen molar-refractivity contribution in [1.82, 2.24) is 0 Å². The third-order valence-corrected chi connectivity index (χ3v) is 2.15. The molecule has 3 radical (unpaired) electrons. The molecule has 1 unspecified atom stereocenters. The zero-order chi connectivity index (χ0) is 5.11. The Morgan fingerprint density at radius 1 is 1.71 bits per heavy atom. The van der Waals surface area contributed by atoms with Crippen molar-refractivity contribution in [3.63, 3.8) is 0 Å². The molecule has 0 aromatic heterocycles. The molecule has 0 fully saturated rings. The second kappa shape index (κ2) is 2.60. The predicted octanol–water partition coefficient (Wildman–Crippen LogP) is 0.805. The van der Waals surface area contributed by atoms with E-state index in [0.717, 1.165) is 0 Å². The van der Waals surface area contributed by atoms with Crippen LogP contribution in [0.3, 0.4) is 0 Å². The standard InChI is InChI=1S/C5H7O.Sn/c1-2-4-6-5-3-1;/h2,4-5H,1,3H2;. The summed E-state index contributed by atoms with van der Waals surface area (Å²) in [6.07, 6.45) is 6.30. The normalized spacial score (nSPS) is 29.6. The molecule has 0 N–H and O–H groups in total. The van der Waals surface area contributed by atoms with Gasteiger partial charge in [-0.2, -0.15) is 0 Å². The third kappa shape index (κ3) is 1.72. The first-order valence-corrected chi connectivity index (χ1v) is 4.06. The number of ether oxygens (including phenoxy) is 1. The summed E-state index contributed by atoms with van der Waals surface area (Å²) in [7, 11) is 0. The van der Waals surface area contributed by atoms with Crippen LogP contribution in [0.2, 0.25) is 0 Å². The molecule has 1 atom stereocenters. The fraction of sp³-hybridized carbons (Fsp3) is 0.600. The molecule has 0 saturated carbocycles. The van der Waals surface area contributed by atoms with Gasteiger partial charge in [0.05, 0.1) is 0 Å². The van der Waals surface area contributed by atoms with Crippen LogP contribution in [0.4, 0.5) is 0 Å². The van der Waals surface area contributed by atoms with Gasteiger partial charge in [0.25, 0.3) is 0 Å². The average Bonchev–Trinajstić information content (AvgIpc) is 1.69. The maximum atomic E-state index is 5.14. The van der Waals surface area contributed by atoms with Gasteiger partial charge in [0.15, 0.2) is 0 Å². The maximum absolute atomic E-state index is 5.14. The second-order valence-electron chi connectivity index (χ2n) is 1.57. The predicted molar refractivity (Wildman–Crippen MR) is 29.0 cm³/mol. The molecule has 7 heavy (non-hydrogen) atoms. The van der Waals surface area contributed by atoms with Crippen molar-refractivity contribution in [3.05, 3.63) is 12.3 Å². The molecule has 1 aliphatic heterocycles. The van der Waals surface area contributed by atoms with Gasteiger partial charge < -0.3 is 0 Å². The number of rotatable bonds is 0. The Hall–Kier alpha value is 0.339. The van der Waals surface area contributed by atoms with E-state index in [4.69, 9.17) is 4.74 Å². The molecule has 1 heterocycles. The third-order valence-electron chi connectivity index (χ3n) is 0.935. The summed E-state index contributed by atoms with van der Waals surface area (Å²) in [5.41, 5.74) is 0. The molecule has 0 saturated heterocycles. The average molecular weight is 202 g/mol. The van der Waals surface area contributed by atoms with Crippen molar-refractivity contribution >= 4 is 22.5 Å². The molecule has 1 nitrogen and oxygen atoms in total. The fourth-order valence-electron chi connectivity index (χ4n) is 0.534. The van der Waals surface area contributed by atoms with E-state index in [1.165, 1.54) is 35.4 Å². The Labute approximate surface area is 56.8 Å². The summed E-state index contributed by atoms with van der Waals surface area (Å²) in [5.74, 6) is 0. The zero-order valence-corrected chi connectivity index (χ0v) is 6.91. The van der Waals surface area contributed by atoms with Gasteiger partial charge in [-0.05, 0) is 0 Å². The summed E-state index contributed by atoms with van der Waals surface area (Å²) in [4.78, 5) is 0. The SMILES string of the molecule is [Sn][CH]1CCC=CO1. The molecule has 0 aliphatic carbocycles. The molecular formula is C5H7OSn. The van der Waals surface area contributed by atoms with Gasteiger partial charge in [0, 0.05) is 0 Å². The van der Waals surface area contributed by atoms with Gasteiger partial charge in [-0.25, -0.2) is 0 Å². The van der Waals surface area contributed by atoms with E-state index in [9.17, 15) is 0 Å². The van der Waals surface area contributed by atoms with E-state index < -0.39 is 0 Å². The fourth-order valence-corrected chi connectivity index (χ4v) is 1.23. The van der Waals surface area contributed by atoms with Gasteiger partial charge >= 0.3 is 56.6 Å². The van der Waals surface area contributed by atoms with Crippen LogP contribution in [0.5, 0.6) is 0 Å². The van der Waals surface area contributed by atoms with Crippen LogP contribution in [-0.4, -0.2) is 26.6 Å². The summed E-state index contributed by atoms with van der Waals surface area (Å²) in [6, 6.07) is 0. The van der Waals surface area contributed by atoms with Crippen molar-refractivity contribution in [3.8, 4) is 0 Å². The van der Waals surface area contributed by atoms with Crippen molar-refractivity contribution < 1.29 is 4.74 Å². The molecule has 0 amide bonds. The minimum atomic E-state index is 0.539. The molecular weight excluding hydrogens is 195 g/mol. The molecule has 0 aromatic carbocycles. The summed E-state index contributed by atoms with van der Waals surface area (Å²) >= 11 is 1.50. The number of hydrogen-bond donors (Lipinski definition) is 0. The molecule has 37 valence electrons. The van der Waals surface area contributed by atoms with Crippen LogP contribution in [-0.2, 0) is 4.74 Å². The van der Waals surface area contributed by atoms with Crippen LogP contribution in [0.25, 0.3) is 0 Å². The monoisotopic (exact) mass is 203 g/mol. The first kappa shape index (κ1) is 5.47. The minimum absolute atomic E-state index is 0.539. The summed E-state index contributed by atoms with van der Waals surface area (Å²) in [5, 5.41) is 0. The first-order valence-electron chi connectivity index (χ1n) is 2.41. The number of allylic oxidation sites excluding steroid dienone is 1. The van der Waals surface area contributed by atoms with Gasteiger partial charge in [-0.15, -0.1) is 0 Å². The second-order valence-corrected chi connectivity index (χ2v) is 3.41. The van der Waals surface area contributed by atoms with E-state index in [1.807, 2.05) is 6.26 Å². The molecule has 1 rings (SSSR count). The molecule has 0 bridgehead atoms. The van der Waals surface area contributed by atoms with Crippen LogP contribution in [0.1, 0.15) is 12.8 Å². The van der Waals surface area contributed by atoms with Gasteiger partial charge in [-0.1, -0.05) is 0 Å². The van der Waals surface area contributed by atoms with Crippen LogP contribution < -0.4 is 0 Å². The Morgan fingerprint density at radius 2 is 2.57 bits per heavy atom. The zero-order valence-electron chi connectivity index (χ0n) is 4.05. The van der Waals surface area contributed by atoms with Gasteiger partial charge in [0.2, 0.25) is 0 Å². The Bertz CT molecular complexity index is 80.1. The van der Waals surface area contributed by atoms with Crippen LogP contribution >= 0.6 is 0 Å². The van der Waals surface area contributed by atoms with Gasteiger partial charge in [0.1, 0.15) is 0 Å². The topological polar surface area (TPSA) is 9.23 Å². The first-order chi connectivity index (χ1) is 3.39. The van der Waals surface area contributed by atoms with Crippen LogP contribution in [0, 0.1) is 0 Å². The van der Waals surface area contributed by atoms with Gasteiger partial charge in [-0.3, -0.25) is 0 Å². The Balaban J connectivity index is 2.32. The molecule has 0 aromatic rings. The summed E-state index contributed by atoms with van der Waals surface area (Å²) in [6.45, 7) is 0. The molecule has 0 spiro atoms. The van der Waals surface area contributed by atoms with Crippen LogP contribution in [0.15, 0.2) is 12.3 Å². The number of hydrogen-bond acceptors (Lipinski definition) is 1. The van der Waals surface area contributed by atoms with E-state index in [2.05, 4.69) is 6.08 Å². The molecule has 2 heteroatoms. The quantitative estimate of drug-likeness (QED) is 0.528. The van der Waals surface area contributed by atoms with Crippen molar-refractivity contribution in [2.24, 2.45) is 0 Å².